The molecule has 1 aliphatic carbocycles. The zero-order chi connectivity index (χ0) is 17.8. The number of amides is 2. The molecule has 0 fully saturated rings. The summed E-state index contributed by atoms with van der Waals surface area (Å²) in [4.78, 5) is 25.1. The van der Waals surface area contributed by atoms with Crippen molar-refractivity contribution in [3.8, 4) is 5.75 Å². The molecule has 1 aliphatic rings. The van der Waals surface area contributed by atoms with E-state index in [0.717, 1.165) is 36.1 Å². The molecule has 0 spiro atoms. The van der Waals surface area contributed by atoms with Gasteiger partial charge < -0.3 is 15.8 Å². The van der Waals surface area contributed by atoms with Gasteiger partial charge in [-0.25, -0.2) is 0 Å². The lowest BCUT2D eigenvalue weighted by atomic mass is 10.1. The predicted octanol–water partition coefficient (Wildman–Crippen LogP) is 3.44. The van der Waals surface area contributed by atoms with E-state index in [0.29, 0.717) is 30.0 Å². The number of nitrogens with two attached hydrogens (primary N) is 1. The Kier molecular flexibility index (Phi) is 5.38. The summed E-state index contributed by atoms with van der Waals surface area (Å²) in [5, 5.41) is 3.45. The molecule has 1 heterocycles. The molecule has 0 aliphatic heterocycles. The highest BCUT2D eigenvalue weighted by Gasteiger charge is 2.25. The zero-order valence-electron chi connectivity index (χ0n) is 14.3. The number of ether oxygens (including phenoxy) is 1. The summed E-state index contributed by atoms with van der Waals surface area (Å²) < 4.78 is 5.65. The summed E-state index contributed by atoms with van der Waals surface area (Å²) in [7, 11) is 0. The summed E-state index contributed by atoms with van der Waals surface area (Å²) >= 11 is 1.48. The van der Waals surface area contributed by atoms with Gasteiger partial charge in [-0.1, -0.05) is 12.1 Å². The fraction of sp³-hybridized carbons (Fsp3) is 0.368. The van der Waals surface area contributed by atoms with E-state index in [1.54, 1.807) is 0 Å². The second-order valence-electron chi connectivity index (χ2n) is 6.24. The topological polar surface area (TPSA) is 81.4 Å². The molecule has 2 amide bonds. The van der Waals surface area contributed by atoms with E-state index >= 15 is 0 Å². The number of hydrogen-bond acceptors (Lipinski definition) is 4. The Labute approximate surface area is 151 Å². The number of benzene rings is 1. The lowest BCUT2D eigenvalue weighted by molar-refractivity contribution is -0.116. The van der Waals surface area contributed by atoms with E-state index in [1.165, 1.54) is 16.2 Å². The van der Waals surface area contributed by atoms with Crippen LogP contribution in [0.1, 0.15) is 45.6 Å². The minimum absolute atomic E-state index is 0.115. The molecule has 132 valence electrons. The maximum absolute atomic E-state index is 12.2. The summed E-state index contributed by atoms with van der Waals surface area (Å²) in [5.74, 6) is 0.235. The molecule has 0 bridgehead atoms. The zero-order valence-corrected chi connectivity index (χ0v) is 15.1. The number of rotatable bonds is 7. The van der Waals surface area contributed by atoms with Crippen LogP contribution in [0.15, 0.2) is 24.3 Å². The first-order valence-electron chi connectivity index (χ1n) is 8.48. The molecule has 25 heavy (non-hydrogen) atoms. The minimum atomic E-state index is -0.461. The highest BCUT2D eigenvalue weighted by Crippen LogP contribution is 2.38. The third-order valence-corrected chi connectivity index (χ3v) is 5.43. The smallest absolute Gasteiger partial charge is 0.251 e. The second-order valence-corrected chi connectivity index (χ2v) is 7.35. The van der Waals surface area contributed by atoms with E-state index in [1.807, 2.05) is 31.2 Å². The van der Waals surface area contributed by atoms with Crippen LogP contribution in [-0.2, 0) is 17.6 Å². The van der Waals surface area contributed by atoms with Crippen LogP contribution in [0, 0.1) is 6.92 Å². The van der Waals surface area contributed by atoms with Crippen molar-refractivity contribution >= 4 is 28.2 Å². The average Bonchev–Trinajstić information content (AvgIpc) is 3.11. The van der Waals surface area contributed by atoms with Gasteiger partial charge in [0.25, 0.3) is 5.91 Å². The Morgan fingerprint density at radius 2 is 2.16 bits per heavy atom. The molecule has 0 atom stereocenters. The number of anilines is 1. The lowest BCUT2D eigenvalue weighted by Gasteiger charge is -2.08. The Bertz CT molecular complexity index is 798. The van der Waals surface area contributed by atoms with Gasteiger partial charge in [0.1, 0.15) is 10.8 Å². The van der Waals surface area contributed by atoms with Crippen molar-refractivity contribution in [2.24, 2.45) is 5.73 Å². The van der Waals surface area contributed by atoms with Crippen LogP contribution in [-0.4, -0.2) is 18.4 Å². The van der Waals surface area contributed by atoms with Gasteiger partial charge in [0.15, 0.2) is 0 Å². The van der Waals surface area contributed by atoms with Crippen LogP contribution >= 0.6 is 11.3 Å². The molecule has 0 saturated heterocycles. The third kappa shape index (κ3) is 4.20. The first-order chi connectivity index (χ1) is 12.0. The fourth-order valence-electron chi connectivity index (χ4n) is 3.07. The van der Waals surface area contributed by atoms with Crippen LogP contribution in [0.5, 0.6) is 5.75 Å². The summed E-state index contributed by atoms with van der Waals surface area (Å²) in [5.41, 5.74) is 8.17. The van der Waals surface area contributed by atoms with Crippen LogP contribution in [0.3, 0.4) is 0 Å². The first-order valence-corrected chi connectivity index (χ1v) is 9.30. The summed E-state index contributed by atoms with van der Waals surface area (Å²) in [6.07, 6.45) is 3.82. The first kappa shape index (κ1) is 17.5. The predicted molar refractivity (Wildman–Crippen MR) is 99.4 cm³/mol. The van der Waals surface area contributed by atoms with Gasteiger partial charge in [0, 0.05) is 11.3 Å². The van der Waals surface area contributed by atoms with Crippen molar-refractivity contribution in [1.82, 2.24) is 0 Å². The highest BCUT2D eigenvalue weighted by molar-refractivity contribution is 7.17. The van der Waals surface area contributed by atoms with Gasteiger partial charge in [0.05, 0.1) is 12.2 Å². The molecule has 2 aromatic rings. The molecule has 1 aromatic heterocycles. The summed E-state index contributed by atoms with van der Waals surface area (Å²) in [6.45, 7) is 2.48. The van der Waals surface area contributed by atoms with Gasteiger partial charge in [0.2, 0.25) is 5.91 Å². The van der Waals surface area contributed by atoms with Crippen molar-refractivity contribution in [3.63, 3.8) is 0 Å². The van der Waals surface area contributed by atoms with Crippen molar-refractivity contribution in [2.75, 3.05) is 11.9 Å². The number of thiophene rings is 1. The fourth-order valence-corrected chi connectivity index (χ4v) is 4.38. The van der Waals surface area contributed by atoms with E-state index < -0.39 is 5.91 Å². The molecule has 0 saturated carbocycles. The van der Waals surface area contributed by atoms with E-state index in [-0.39, 0.29) is 5.91 Å². The van der Waals surface area contributed by atoms with E-state index in [4.69, 9.17) is 10.5 Å². The molecule has 6 heteroatoms. The van der Waals surface area contributed by atoms with Gasteiger partial charge in [-0.3, -0.25) is 9.59 Å². The van der Waals surface area contributed by atoms with E-state index in [9.17, 15) is 9.59 Å². The molecule has 1 aromatic carbocycles. The van der Waals surface area contributed by atoms with Crippen molar-refractivity contribution < 1.29 is 14.3 Å². The quantitative estimate of drug-likeness (QED) is 0.744. The number of fused-ring (bicyclic) bond motifs is 1. The van der Waals surface area contributed by atoms with Gasteiger partial charge >= 0.3 is 0 Å². The maximum atomic E-state index is 12.2. The van der Waals surface area contributed by atoms with E-state index in [2.05, 4.69) is 5.32 Å². The molecule has 0 unspecified atom stereocenters. The number of hydrogen-bond donors (Lipinski definition) is 2. The van der Waals surface area contributed by atoms with Gasteiger partial charge in [-0.2, -0.15) is 0 Å². The monoisotopic (exact) mass is 358 g/mol. The Hall–Kier alpha value is -2.34. The normalized spacial score (nSPS) is 12.7. The van der Waals surface area contributed by atoms with Gasteiger partial charge in [-0.05, 0) is 55.9 Å². The van der Waals surface area contributed by atoms with Crippen LogP contribution in [0.25, 0.3) is 0 Å². The number of primary amides is 1. The average molecular weight is 358 g/mol. The van der Waals surface area contributed by atoms with Crippen LogP contribution < -0.4 is 15.8 Å². The van der Waals surface area contributed by atoms with Crippen molar-refractivity contribution in [2.45, 2.75) is 39.0 Å². The number of carbonyl (C=O) groups excluding carboxylic acids is 2. The standard InChI is InChI=1S/C19H22N2O3S/c1-12-5-2-6-13(11-12)24-10-4-9-16(22)21-19-17(18(20)23)14-7-3-8-15(14)25-19/h2,5-6,11H,3-4,7-10H2,1H3,(H2,20,23)(H,21,22). The summed E-state index contributed by atoms with van der Waals surface area (Å²) in [6, 6.07) is 7.82. The SMILES string of the molecule is Cc1cccc(OCCCC(=O)Nc2sc3c(c2C(N)=O)CCC3)c1. The number of carbonyl (C=O) groups is 2. The Morgan fingerprint density at radius 3 is 2.92 bits per heavy atom. The maximum Gasteiger partial charge on any atom is 0.251 e. The van der Waals surface area contributed by atoms with Crippen LogP contribution in [0.2, 0.25) is 0 Å². The second kappa shape index (κ2) is 7.70. The largest absolute Gasteiger partial charge is 0.494 e. The molecular weight excluding hydrogens is 336 g/mol. The molecule has 3 rings (SSSR count). The molecule has 3 N–H and O–H groups in total. The Balaban J connectivity index is 1.51. The molecule has 0 radical (unpaired) electrons. The van der Waals surface area contributed by atoms with Crippen LogP contribution in [0.4, 0.5) is 5.00 Å². The Morgan fingerprint density at radius 1 is 1.32 bits per heavy atom. The van der Waals surface area contributed by atoms with Crippen molar-refractivity contribution in [1.29, 1.82) is 0 Å². The third-order valence-electron chi connectivity index (χ3n) is 4.23. The lowest BCUT2D eigenvalue weighted by Crippen LogP contribution is -2.18. The molecule has 5 nitrogen and oxygen atoms in total. The molecular formula is C19H22N2O3S. The minimum Gasteiger partial charge on any atom is -0.494 e. The highest BCUT2D eigenvalue weighted by atomic mass is 32.1. The number of aryl methyl sites for hydroxylation is 2. The number of nitrogens with one attached hydrogen (secondary N) is 1. The van der Waals surface area contributed by atoms with Gasteiger partial charge in [-0.15, -0.1) is 11.3 Å². The van der Waals surface area contributed by atoms with Crippen molar-refractivity contribution in [3.05, 3.63) is 45.8 Å².